The molecule has 1 aliphatic heterocycles. The number of hydrogen-bond acceptors (Lipinski definition) is 5. The molecule has 1 unspecified atom stereocenters. The molecule has 0 aliphatic carbocycles. The number of rotatable bonds is 4. The summed E-state index contributed by atoms with van der Waals surface area (Å²) in [6, 6.07) is 0. The molecule has 0 bridgehead atoms. The fourth-order valence-corrected chi connectivity index (χ4v) is 1.31. The third-order valence-corrected chi connectivity index (χ3v) is 1.92. The Morgan fingerprint density at radius 2 is 1.72 bits per heavy atom. The molecule has 0 aromatic heterocycles. The first-order chi connectivity index (χ1) is 7.58. The van der Waals surface area contributed by atoms with Crippen LogP contribution in [-0.4, -0.2) is 46.2 Å². The zero-order valence-corrected chi connectivity index (χ0v) is 11.3. The van der Waals surface area contributed by atoms with Gasteiger partial charge in [-0.1, -0.05) is 7.43 Å². The Kier molecular flexibility index (Phi) is 9.87. The van der Waals surface area contributed by atoms with Crippen LogP contribution in [0.1, 0.15) is 55.8 Å². The Morgan fingerprint density at radius 1 is 1.22 bits per heavy atom. The van der Waals surface area contributed by atoms with Crippen molar-refractivity contribution in [1.82, 2.24) is 0 Å². The Labute approximate surface area is 112 Å². The van der Waals surface area contributed by atoms with Crippen LogP contribution in [0.5, 0.6) is 0 Å². The summed E-state index contributed by atoms with van der Waals surface area (Å²) >= 11 is 0. The minimum Gasteiger partial charge on any atom is -0.378 e. The lowest BCUT2D eigenvalue weighted by Crippen LogP contribution is -2.25. The summed E-state index contributed by atoms with van der Waals surface area (Å²) in [7, 11) is 0. The molecule has 1 atom stereocenters. The quantitative estimate of drug-likeness (QED) is 0.679. The minimum absolute atomic E-state index is 0. The third-order valence-electron chi connectivity index (χ3n) is 1.92. The first kappa shape index (κ1) is 20.1. The predicted molar refractivity (Wildman–Crippen MR) is 73.2 cm³/mol. The van der Waals surface area contributed by atoms with Crippen LogP contribution in [0, 0.1) is 0 Å². The monoisotopic (exact) mass is 268 g/mol. The van der Waals surface area contributed by atoms with Gasteiger partial charge in [0.15, 0.2) is 11.6 Å². The van der Waals surface area contributed by atoms with E-state index in [9.17, 15) is 5.11 Å². The van der Waals surface area contributed by atoms with E-state index in [1.165, 1.54) is 13.8 Å². The van der Waals surface area contributed by atoms with Crippen molar-refractivity contribution in [2.45, 2.75) is 72.1 Å². The average Bonchev–Trinajstić information content (AvgIpc) is 2.50. The standard InChI is InChI=1S/C9H18O3.C3H8O2.CH4.H2/c1-9(2,10)12-7-5-8-4-3-6-11-8;1-3(2,4)5;;/h8,10H,3-7H2,1-2H3;4-5H,1-2H3;1H4;1H. The largest absolute Gasteiger partial charge is 0.378 e. The number of aliphatic hydroxyl groups is 3. The molecule has 0 aromatic rings. The number of hydrogen-bond donors (Lipinski definition) is 3. The van der Waals surface area contributed by atoms with Gasteiger partial charge in [-0.25, -0.2) is 0 Å². The van der Waals surface area contributed by atoms with Crippen LogP contribution < -0.4 is 0 Å². The zero-order valence-electron chi connectivity index (χ0n) is 11.3. The molecule has 18 heavy (non-hydrogen) atoms. The molecule has 1 aliphatic rings. The van der Waals surface area contributed by atoms with Gasteiger partial charge in [-0.2, -0.15) is 0 Å². The highest BCUT2D eigenvalue weighted by Gasteiger charge is 2.17. The summed E-state index contributed by atoms with van der Waals surface area (Å²) in [5.74, 6) is -2.50. The van der Waals surface area contributed by atoms with Crippen molar-refractivity contribution >= 4 is 0 Å². The summed E-state index contributed by atoms with van der Waals surface area (Å²) in [6.07, 6.45) is 3.54. The second-order valence-electron chi connectivity index (χ2n) is 5.21. The molecule has 0 aromatic carbocycles. The Hall–Kier alpha value is -0.200. The molecule has 5 heteroatoms. The fourth-order valence-electron chi connectivity index (χ4n) is 1.31. The van der Waals surface area contributed by atoms with Gasteiger partial charge < -0.3 is 24.8 Å². The average molecular weight is 268 g/mol. The van der Waals surface area contributed by atoms with E-state index in [4.69, 9.17) is 19.7 Å². The molecule has 1 heterocycles. The van der Waals surface area contributed by atoms with Crippen molar-refractivity contribution in [3.8, 4) is 0 Å². The second kappa shape index (κ2) is 8.82. The molecule has 114 valence electrons. The Morgan fingerprint density at radius 3 is 2.06 bits per heavy atom. The maximum atomic E-state index is 9.23. The van der Waals surface area contributed by atoms with E-state index in [1.807, 2.05) is 0 Å². The maximum Gasteiger partial charge on any atom is 0.159 e. The predicted octanol–water partition coefficient (Wildman–Crippen LogP) is 1.89. The van der Waals surface area contributed by atoms with Gasteiger partial charge in [-0.3, -0.25) is 0 Å². The molecule has 0 spiro atoms. The van der Waals surface area contributed by atoms with Gasteiger partial charge in [0.1, 0.15) is 0 Å². The van der Waals surface area contributed by atoms with E-state index in [0.717, 1.165) is 25.9 Å². The van der Waals surface area contributed by atoms with E-state index < -0.39 is 11.6 Å². The third kappa shape index (κ3) is 18.2. The minimum atomic E-state index is -1.50. The zero-order chi connectivity index (χ0) is 13.5. The summed E-state index contributed by atoms with van der Waals surface area (Å²) in [5.41, 5.74) is 0. The smallest absolute Gasteiger partial charge is 0.159 e. The highest BCUT2D eigenvalue weighted by Crippen LogP contribution is 2.16. The van der Waals surface area contributed by atoms with Crippen LogP contribution in [0.15, 0.2) is 0 Å². The molecule has 1 fully saturated rings. The topological polar surface area (TPSA) is 79.2 Å². The van der Waals surface area contributed by atoms with Crippen molar-refractivity contribution in [2.75, 3.05) is 13.2 Å². The lowest BCUT2D eigenvalue weighted by Gasteiger charge is -2.19. The van der Waals surface area contributed by atoms with Crippen LogP contribution >= 0.6 is 0 Å². The van der Waals surface area contributed by atoms with Gasteiger partial charge in [0.2, 0.25) is 0 Å². The van der Waals surface area contributed by atoms with Gasteiger partial charge in [-0.15, -0.1) is 0 Å². The maximum absolute atomic E-state index is 9.23. The highest BCUT2D eigenvalue weighted by molar-refractivity contribution is 4.64. The van der Waals surface area contributed by atoms with Crippen molar-refractivity contribution in [3.63, 3.8) is 0 Å². The molecule has 0 amide bonds. The fraction of sp³-hybridized carbons (Fsp3) is 1.00. The molecule has 0 radical (unpaired) electrons. The first-order valence-electron chi connectivity index (χ1n) is 6.00. The molecule has 0 saturated carbocycles. The molecule has 1 saturated heterocycles. The summed E-state index contributed by atoms with van der Waals surface area (Å²) in [6.45, 7) is 7.34. The molecule has 5 nitrogen and oxygen atoms in total. The molecule has 3 N–H and O–H groups in total. The Balaban J connectivity index is -0.000000320. The second-order valence-corrected chi connectivity index (χ2v) is 5.21. The molecular weight excluding hydrogens is 236 g/mol. The van der Waals surface area contributed by atoms with E-state index in [1.54, 1.807) is 13.8 Å². The van der Waals surface area contributed by atoms with E-state index in [0.29, 0.717) is 12.7 Å². The first-order valence-corrected chi connectivity index (χ1v) is 6.00. The SMILES string of the molecule is C.CC(C)(O)O.CC(C)(O)OCCC1CCCO1.[HH]. The van der Waals surface area contributed by atoms with Gasteiger partial charge in [0.25, 0.3) is 0 Å². The molecule has 1 rings (SSSR count). The summed E-state index contributed by atoms with van der Waals surface area (Å²) in [4.78, 5) is 0. The van der Waals surface area contributed by atoms with Crippen LogP contribution in [-0.2, 0) is 9.47 Å². The van der Waals surface area contributed by atoms with Gasteiger partial charge in [-0.05, 0) is 47.0 Å². The molecular formula is C13H32O5. The van der Waals surface area contributed by atoms with E-state index >= 15 is 0 Å². The van der Waals surface area contributed by atoms with Gasteiger partial charge >= 0.3 is 0 Å². The van der Waals surface area contributed by atoms with Gasteiger partial charge in [0.05, 0.1) is 12.7 Å². The number of ether oxygens (including phenoxy) is 2. The Bertz CT molecular complexity index is 186. The van der Waals surface area contributed by atoms with Crippen LogP contribution in [0.2, 0.25) is 0 Å². The van der Waals surface area contributed by atoms with Crippen LogP contribution in [0.25, 0.3) is 0 Å². The van der Waals surface area contributed by atoms with Crippen LogP contribution in [0.4, 0.5) is 0 Å². The van der Waals surface area contributed by atoms with Gasteiger partial charge in [0, 0.05) is 8.03 Å². The van der Waals surface area contributed by atoms with Crippen LogP contribution in [0.3, 0.4) is 0 Å². The highest BCUT2D eigenvalue weighted by atomic mass is 16.6. The lowest BCUT2D eigenvalue weighted by atomic mass is 10.2. The summed E-state index contributed by atoms with van der Waals surface area (Å²) < 4.78 is 10.6. The van der Waals surface area contributed by atoms with Crippen molar-refractivity contribution < 1.29 is 26.2 Å². The van der Waals surface area contributed by atoms with Crippen molar-refractivity contribution in [3.05, 3.63) is 0 Å². The van der Waals surface area contributed by atoms with Crippen molar-refractivity contribution in [1.29, 1.82) is 0 Å². The van der Waals surface area contributed by atoms with E-state index in [2.05, 4.69) is 0 Å². The van der Waals surface area contributed by atoms with E-state index in [-0.39, 0.29) is 8.85 Å². The van der Waals surface area contributed by atoms with Crippen molar-refractivity contribution in [2.24, 2.45) is 0 Å². The normalized spacial score (nSPS) is 19.8. The lowest BCUT2D eigenvalue weighted by molar-refractivity contribution is -0.179. The summed E-state index contributed by atoms with van der Waals surface area (Å²) in [5, 5.41) is 25.4.